The number of benzene rings is 2. The molecule has 2 aliphatic carbocycles. The van der Waals surface area contributed by atoms with E-state index in [4.69, 9.17) is 0 Å². The maximum Gasteiger partial charge on any atom is 0.293 e. The Morgan fingerprint density at radius 1 is 1.08 bits per heavy atom. The minimum Gasteiger partial charge on any atom is -0.346 e. The molecule has 262 valence electrons. The van der Waals surface area contributed by atoms with Crippen LogP contribution in [0.5, 0.6) is 0 Å². The number of nitrogens with one attached hydrogen (secondary N) is 2. The molecule has 10 nitrogen and oxygen atoms in total. The Balaban J connectivity index is 1.30. The summed E-state index contributed by atoms with van der Waals surface area (Å²) in [5, 5.41) is 13.3. The van der Waals surface area contributed by atoms with Crippen LogP contribution >= 0.6 is 0 Å². The Morgan fingerprint density at radius 3 is 2.40 bits per heavy atom. The second-order valence-corrected chi connectivity index (χ2v) is 15.2. The monoisotopic (exact) mass is 717 g/mol. The van der Waals surface area contributed by atoms with Crippen molar-refractivity contribution in [3.8, 4) is 11.1 Å². The summed E-state index contributed by atoms with van der Waals surface area (Å²) in [5.74, 6) is -7.36. The second kappa shape index (κ2) is 11.7. The van der Waals surface area contributed by atoms with Gasteiger partial charge in [-0.3, -0.25) is 14.6 Å². The highest BCUT2D eigenvalue weighted by Crippen LogP contribution is 2.71. The van der Waals surface area contributed by atoms with Crippen molar-refractivity contribution in [2.75, 3.05) is 14.1 Å². The van der Waals surface area contributed by atoms with E-state index in [0.29, 0.717) is 32.9 Å². The predicted octanol–water partition coefficient (Wildman–Crippen LogP) is 5.77. The first kappa shape index (κ1) is 33.7. The zero-order valence-corrected chi connectivity index (χ0v) is 27.5. The lowest BCUT2D eigenvalue weighted by molar-refractivity contribution is -0.123. The highest BCUT2D eigenvalue weighted by molar-refractivity contribution is 7.89. The molecule has 1 saturated carbocycles. The average molecular weight is 718 g/mol. The normalized spacial score (nSPS) is 19.9. The third kappa shape index (κ3) is 5.52. The van der Waals surface area contributed by atoms with Gasteiger partial charge in [-0.2, -0.15) is 19.0 Å². The number of rotatable bonds is 10. The van der Waals surface area contributed by atoms with Gasteiger partial charge in [-0.15, -0.1) is 0 Å². The fourth-order valence-corrected chi connectivity index (χ4v) is 7.85. The van der Waals surface area contributed by atoms with Gasteiger partial charge in [0.2, 0.25) is 15.9 Å². The summed E-state index contributed by atoms with van der Waals surface area (Å²) in [5.41, 5.74) is -1.02. The standard InChI is InChI=1S/C33H29F6N7O3S/c1-32-13-25(32)33(38,39)30-27(32)29(31(36)37)44-46(30)15-26(47)41-23(10-16-8-18(34)11-19(35)9-16)28-21(12-22-24(42-28)14-40-43-22)17-4-6-20(7-5-17)50(48,49)45(2)3/h4-9,11-12,14,23,25,31H,10,13,15H2,1-3H3,(H,40,43)(H,41,47)/t23-,25+,32-/m0/s1. The number of halogens is 6. The molecule has 0 saturated heterocycles. The molecule has 3 heterocycles. The predicted molar refractivity (Wildman–Crippen MR) is 168 cm³/mol. The van der Waals surface area contributed by atoms with Crippen LogP contribution in [0.25, 0.3) is 22.2 Å². The van der Waals surface area contributed by atoms with Crippen molar-refractivity contribution in [3.63, 3.8) is 0 Å². The SMILES string of the molecule is CN(C)S(=O)(=O)c1ccc(-c2cc3[nH]ncc3nc2[C@H](Cc2cc(F)cc(F)c2)NC(=O)Cn2nc(C(F)F)c3c2C(F)(F)[C@@H]2C[C@]32C)cc1. The number of sulfonamides is 1. The van der Waals surface area contributed by atoms with E-state index in [1.54, 1.807) is 6.07 Å². The van der Waals surface area contributed by atoms with Crippen LogP contribution in [0.2, 0.25) is 0 Å². The molecule has 1 fully saturated rings. The quantitative estimate of drug-likeness (QED) is 0.177. The molecule has 50 heavy (non-hydrogen) atoms. The highest BCUT2D eigenvalue weighted by atomic mass is 32.2. The molecule has 0 aliphatic heterocycles. The van der Waals surface area contributed by atoms with Gasteiger partial charge in [0.15, 0.2) is 0 Å². The summed E-state index contributed by atoms with van der Waals surface area (Å²) >= 11 is 0. The molecular weight excluding hydrogens is 688 g/mol. The van der Waals surface area contributed by atoms with E-state index in [-0.39, 0.29) is 34.6 Å². The number of amides is 1. The topological polar surface area (TPSA) is 126 Å². The summed E-state index contributed by atoms with van der Waals surface area (Å²) < 4.78 is 115. The molecular formula is C33H29F6N7O3S. The van der Waals surface area contributed by atoms with Gasteiger partial charge in [-0.1, -0.05) is 19.1 Å². The van der Waals surface area contributed by atoms with Crippen LogP contribution in [0.3, 0.4) is 0 Å². The van der Waals surface area contributed by atoms with Crippen molar-refractivity contribution in [2.24, 2.45) is 5.92 Å². The van der Waals surface area contributed by atoms with E-state index in [2.05, 4.69) is 25.6 Å². The van der Waals surface area contributed by atoms with Gasteiger partial charge in [0.25, 0.3) is 12.3 Å². The molecule has 0 spiro atoms. The molecule has 2 aromatic carbocycles. The van der Waals surface area contributed by atoms with Crippen molar-refractivity contribution in [3.05, 3.63) is 94.6 Å². The maximum atomic E-state index is 15.4. The van der Waals surface area contributed by atoms with Crippen LogP contribution in [0.4, 0.5) is 26.3 Å². The molecule has 3 atom stereocenters. The fraction of sp³-hybridized carbons (Fsp3) is 0.333. The van der Waals surface area contributed by atoms with Crippen LogP contribution in [-0.2, 0) is 39.1 Å². The van der Waals surface area contributed by atoms with Crippen molar-refractivity contribution in [2.45, 2.75) is 55.0 Å². The largest absolute Gasteiger partial charge is 0.346 e. The smallest absolute Gasteiger partial charge is 0.293 e. The minimum absolute atomic E-state index is 0.00156. The summed E-state index contributed by atoms with van der Waals surface area (Å²) in [6.45, 7) is 0.618. The van der Waals surface area contributed by atoms with Gasteiger partial charge in [0.1, 0.15) is 35.1 Å². The number of fused-ring (bicyclic) bond motifs is 4. The number of hydrogen-bond acceptors (Lipinski definition) is 6. The van der Waals surface area contributed by atoms with Crippen LogP contribution in [0.15, 0.2) is 59.6 Å². The van der Waals surface area contributed by atoms with Crippen molar-refractivity contribution in [1.82, 2.24) is 34.6 Å². The Hall–Kier alpha value is -4.77. The Bertz CT molecular complexity index is 2250. The number of carbonyl (C=O) groups excluding carboxylic acids is 1. The number of aromatic amines is 1. The minimum atomic E-state index is -3.78. The number of H-pyrrole nitrogens is 1. The molecule has 0 unspecified atom stereocenters. The number of pyridine rings is 1. The van der Waals surface area contributed by atoms with Crippen LogP contribution < -0.4 is 5.32 Å². The number of carbonyl (C=O) groups is 1. The van der Waals surface area contributed by atoms with Crippen LogP contribution in [0.1, 0.15) is 54.0 Å². The zero-order chi connectivity index (χ0) is 35.9. The first-order valence-electron chi connectivity index (χ1n) is 15.4. The molecule has 0 radical (unpaired) electrons. The summed E-state index contributed by atoms with van der Waals surface area (Å²) in [6, 6.07) is 9.06. The van der Waals surface area contributed by atoms with E-state index in [1.807, 2.05) is 0 Å². The zero-order valence-electron chi connectivity index (χ0n) is 26.7. The van der Waals surface area contributed by atoms with Gasteiger partial charge in [0.05, 0.1) is 28.3 Å². The number of aromatic nitrogens is 5. The van der Waals surface area contributed by atoms with E-state index in [1.165, 1.54) is 51.5 Å². The van der Waals surface area contributed by atoms with E-state index in [9.17, 15) is 30.8 Å². The maximum absolute atomic E-state index is 15.4. The van der Waals surface area contributed by atoms with E-state index < -0.39 is 75.2 Å². The Labute approximate surface area is 281 Å². The molecule has 3 aromatic heterocycles. The number of hydrogen-bond donors (Lipinski definition) is 2. The van der Waals surface area contributed by atoms with Crippen molar-refractivity contribution in [1.29, 1.82) is 0 Å². The molecule has 17 heteroatoms. The number of nitrogens with zero attached hydrogens (tertiary/aromatic N) is 5. The van der Waals surface area contributed by atoms with Gasteiger partial charge in [0, 0.05) is 42.6 Å². The third-order valence-electron chi connectivity index (χ3n) is 9.47. The lowest BCUT2D eigenvalue weighted by Crippen LogP contribution is -2.35. The highest BCUT2D eigenvalue weighted by Gasteiger charge is 2.74. The summed E-state index contributed by atoms with van der Waals surface area (Å²) in [6.07, 6.45) is -1.97. The van der Waals surface area contributed by atoms with Crippen molar-refractivity contribution < 1.29 is 39.6 Å². The molecule has 7 rings (SSSR count). The number of alkyl halides is 4. The lowest BCUT2D eigenvalue weighted by atomic mass is 9.95. The van der Waals surface area contributed by atoms with Crippen LogP contribution in [-0.4, -0.2) is 57.7 Å². The average Bonchev–Trinajstić information content (AvgIpc) is 3.31. The summed E-state index contributed by atoms with van der Waals surface area (Å²) in [7, 11) is -1.01. The van der Waals surface area contributed by atoms with Gasteiger partial charge < -0.3 is 5.32 Å². The fourth-order valence-electron chi connectivity index (χ4n) is 6.95. The molecule has 1 amide bonds. The Morgan fingerprint density at radius 2 is 1.76 bits per heavy atom. The molecule has 2 aliphatic rings. The molecule has 0 bridgehead atoms. The molecule has 2 N–H and O–H groups in total. The first-order valence-corrected chi connectivity index (χ1v) is 16.8. The van der Waals surface area contributed by atoms with Crippen molar-refractivity contribution >= 4 is 27.0 Å². The first-order chi connectivity index (χ1) is 23.5. The van der Waals surface area contributed by atoms with Gasteiger partial charge in [-0.25, -0.2) is 35.3 Å². The lowest BCUT2D eigenvalue weighted by Gasteiger charge is -2.23. The van der Waals surface area contributed by atoms with E-state index >= 15 is 8.78 Å². The van der Waals surface area contributed by atoms with Gasteiger partial charge >= 0.3 is 0 Å². The Kier molecular flexibility index (Phi) is 7.86. The van der Waals surface area contributed by atoms with Crippen LogP contribution in [0, 0.1) is 17.6 Å². The molecule has 5 aromatic rings. The van der Waals surface area contributed by atoms with E-state index in [0.717, 1.165) is 16.4 Å². The van der Waals surface area contributed by atoms with Gasteiger partial charge in [-0.05, 0) is 54.3 Å². The second-order valence-electron chi connectivity index (χ2n) is 13.0. The third-order valence-corrected chi connectivity index (χ3v) is 11.3. The summed E-state index contributed by atoms with van der Waals surface area (Å²) in [4.78, 5) is 18.4.